The van der Waals surface area contributed by atoms with Gasteiger partial charge in [-0.05, 0) is 31.2 Å². The molecule has 0 radical (unpaired) electrons. The van der Waals surface area contributed by atoms with Crippen LogP contribution in [0.5, 0.6) is 0 Å². The first kappa shape index (κ1) is 12.1. The first-order valence-corrected chi connectivity index (χ1v) is 5.11. The maximum Gasteiger partial charge on any atom is 0.302 e. The van der Waals surface area contributed by atoms with Crippen LogP contribution in [0.4, 0.5) is 10.1 Å². The van der Waals surface area contributed by atoms with E-state index in [-0.39, 0.29) is 5.69 Å². The number of nitrogens with zero attached hydrogens (tertiary/aromatic N) is 1. The zero-order chi connectivity index (χ0) is 13.4. The van der Waals surface area contributed by atoms with E-state index < -0.39 is 35.1 Å². The summed E-state index contributed by atoms with van der Waals surface area (Å²) in [6, 6.07) is 4.50. The lowest BCUT2D eigenvalue weighted by Crippen LogP contribution is -2.31. The number of Topliss-reactive ketones (excluding diaryl/α,β-unsaturated/α-hetero) is 2. The number of carbonyl (C=O) groups is 4. The summed E-state index contributed by atoms with van der Waals surface area (Å²) in [6.45, 7) is 1.07. The highest BCUT2D eigenvalue weighted by molar-refractivity contribution is 6.59. The summed E-state index contributed by atoms with van der Waals surface area (Å²) >= 11 is 0. The Hall–Kier alpha value is -2.37. The standard InChI is InChI=1S/C12H8FNO4/c1-6(15)9-10(16)12(18)14(11(9)17)8-4-2-7(13)3-5-8/h2-5,9H,1H3. The molecule has 0 saturated carbocycles. The average Bonchev–Trinajstić information content (AvgIpc) is 2.52. The van der Waals surface area contributed by atoms with Crippen molar-refractivity contribution in [2.45, 2.75) is 6.92 Å². The molecule has 1 aliphatic heterocycles. The van der Waals surface area contributed by atoms with Gasteiger partial charge in [-0.25, -0.2) is 9.29 Å². The van der Waals surface area contributed by atoms with Gasteiger partial charge in [-0.3, -0.25) is 19.2 Å². The van der Waals surface area contributed by atoms with E-state index in [1.54, 1.807) is 0 Å². The first-order valence-electron chi connectivity index (χ1n) is 5.11. The maximum atomic E-state index is 12.7. The van der Waals surface area contributed by atoms with Crippen molar-refractivity contribution in [2.75, 3.05) is 4.90 Å². The molecule has 0 aliphatic carbocycles. The van der Waals surface area contributed by atoms with E-state index in [1.807, 2.05) is 0 Å². The third-order valence-electron chi connectivity index (χ3n) is 2.63. The van der Waals surface area contributed by atoms with Crippen LogP contribution in [0, 0.1) is 11.7 Å². The fourth-order valence-corrected chi connectivity index (χ4v) is 1.77. The number of amides is 2. The van der Waals surface area contributed by atoms with E-state index >= 15 is 0 Å². The second kappa shape index (κ2) is 4.14. The molecule has 1 atom stereocenters. The molecule has 1 saturated heterocycles. The number of rotatable bonds is 2. The molecule has 1 fully saturated rings. The number of halogens is 1. The lowest BCUT2D eigenvalue weighted by molar-refractivity contribution is -0.139. The fourth-order valence-electron chi connectivity index (χ4n) is 1.77. The van der Waals surface area contributed by atoms with Gasteiger partial charge in [0.15, 0.2) is 5.92 Å². The fraction of sp³-hybridized carbons (Fsp3) is 0.167. The van der Waals surface area contributed by atoms with Crippen LogP contribution in [0.25, 0.3) is 0 Å². The Morgan fingerprint density at radius 1 is 1.17 bits per heavy atom. The molecule has 92 valence electrons. The summed E-state index contributed by atoms with van der Waals surface area (Å²) in [6.07, 6.45) is 0. The van der Waals surface area contributed by atoms with E-state index in [0.717, 1.165) is 19.1 Å². The van der Waals surface area contributed by atoms with E-state index in [0.29, 0.717) is 4.90 Å². The molecule has 0 aromatic heterocycles. The van der Waals surface area contributed by atoms with Crippen molar-refractivity contribution in [2.24, 2.45) is 5.92 Å². The molecule has 0 bridgehead atoms. The molecule has 2 amide bonds. The van der Waals surface area contributed by atoms with Crippen molar-refractivity contribution in [3.8, 4) is 0 Å². The van der Waals surface area contributed by atoms with Crippen LogP contribution < -0.4 is 4.90 Å². The van der Waals surface area contributed by atoms with Crippen LogP contribution >= 0.6 is 0 Å². The molecular weight excluding hydrogens is 241 g/mol. The molecule has 6 heteroatoms. The molecule has 0 N–H and O–H groups in total. The van der Waals surface area contributed by atoms with Gasteiger partial charge in [0.25, 0.3) is 5.91 Å². The number of anilines is 1. The Bertz CT molecular complexity index is 564. The highest BCUT2D eigenvalue weighted by Gasteiger charge is 2.49. The molecule has 1 aliphatic rings. The minimum atomic E-state index is -1.57. The predicted octanol–water partition coefficient (Wildman–Crippen LogP) is 0.473. The van der Waals surface area contributed by atoms with Gasteiger partial charge in [0.05, 0.1) is 5.69 Å². The third-order valence-corrected chi connectivity index (χ3v) is 2.63. The molecule has 1 heterocycles. The maximum absolute atomic E-state index is 12.7. The van der Waals surface area contributed by atoms with Gasteiger partial charge >= 0.3 is 5.91 Å². The van der Waals surface area contributed by atoms with Gasteiger partial charge < -0.3 is 0 Å². The highest BCUT2D eigenvalue weighted by atomic mass is 19.1. The number of hydrogen-bond acceptors (Lipinski definition) is 4. The quantitative estimate of drug-likeness (QED) is 0.434. The topological polar surface area (TPSA) is 71.5 Å². The van der Waals surface area contributed by atoms with Crippen molar-refractivity contribution in [1.82, 2.24) is 0 Å². The number of carbonyl (C=O) groups excluding carboxylic acids is 4. The number of hydrogen-bond donors (Lipinski definition) is 0. The molecule has 1 unspecified atom stereocenters. The van der Waals surface area contributed by atoms with E-state index in [2.05, 4.69) is 0 Å². The number of ketones is 2. The summed E-state index contributed by atoms with van der Waals surface area (Å²) in [5.74, 6) is -5.77. The van der Waals surface area contributed by atoms with Crippen LogP contribution in [-0.4, -0.2) is 23.4 Å². The SMILES string of the molecule is CC(=O)C1C(=O)C(=O)N(c2ccc(F)cc2)C1=O. The lowest BCUT2D eigenvalue weighted by Gasteiger charge is -2.12. The van der Waals surface area contributed by atoms with Crippen molar-refractivity contribution in [3.05, 3.63) is 30.1 Å². The normalized spacial score (nSPS) is 19.6. The molecule has 1 aromatic rings. The number of imide groups is 1. The van der Waals surface area contributed by atoms with Gasteiger partial charge in [0, 0.05) is 0 Å². The van der Waals surface area contributed by atoms with Gasteiger partial charge in [-0.2, -0.15) is 0 Å². The molecule has 0 spiro atoms. The zero-order valence-electron chi connectivity index (χ0n) is 9.34. The Balaban J connectivity index is 2.43. The number of benzene rings is 1. The Labute approximate surface area is 101 Å². The third kappa shape index (κ3) is 1.71. The largest absolute Gasteiger partial charge is 0.302 e. The van der Waals surface area contributed by atoms with Crippen LogP contribution in [0.1, 0.15) is 6.92 Å². The summed E-state index contributed by atoms with van der Waals surface area (Å²) in [7, 11) is 0. The lowest BCUT2D eigenvalue weighted by atomic mass is 10.0. The van der Waals surface area contributed by atoms with E-state index in [1.165, 1.54) is 12.1 Å². The van der Waals surface area contributed by atoms with Crippen molar-refractivity contribution in [1.29, 1.82) is 0 Å². The van der Waals surface area contributed by atoms with E-state index in [9.17, 15) is 23.6 Å². The Kier molecular flexibility index (Phi) is 2.78. The monoisotopic (exact) mass is 249 g/mol. The second-order valence-electron chi connectivity index (χ2n) is 3.86. The summed E-state index contributed by atoms with van der Waals surface area (Å²) in [4.78, 5) is 46.7. The first-order chi connectivity index (χ1) is 8.43. The van der Waals surface area contributed by atoms with Gasteiger partial charge in [0.2, 0.25) is 5.78 Å². The zero-order valence-corrected chi connectivity index (χ0v) is 9.34. The molecule has 1 aromatic carbocycles. The van der Waals surface area contributed by atoms with Crippen LogP contribution in [0.3, 0.4) is 0 Å². The molecular formula is C12H8FNO4. The second-order valence-corrected chi connectivity index (χ2v) is 3.86. The van der Waals surface area contributed by atoms with Crippen LogP contribution in [0.2, 0.25) is 0 Å². The van der Waals surface area contributed by atoms with Gasteiger partial charge in [-0.15, -0.1) is 0 Å². The summed E-state index contributed by atoms with van der Waals surface area (Å²) in [5, 5.41) is 0. The van der Waals surface area contributed by atoms with Crippen molar-refractivity contribution >= 4 is 29.1 Å². The molecule has 2 rings (SSSR count). The van der Waals surface area contributed by atoms with Crippen LogP contribution in [0.15, 0.2) is 24.3 Å². The smallest absolute Gasteiger partial charge is 0.299 e. The molecule has 5 nitrogen and oxygen atoms in total. The summed E-state index contributed by atoms with van der Waals surface area (Å²) in [5.41, 5.74) is 0.0727. The van der Waals surface area contributed by atoms with Gasteiger partial charge in [0.1, 0.15) is 11.6 Å². The summed E-state index contributed by atoms with van der Waals surface area (Å²) < 4.78 is 12.7. The van der Waals surface area contributed by atoms with Gasteiger partial charge in [-0.1, -0.05) is 0 Å². The molecule has 18 heavy (non-hydrogen) atoms. The average molecular weight is 249 g/mol. The minimum Gasteiger partial charge on any atom is -0.299 e. The Morgan fingerprint density at radius 2 is 1.72 bits per heavy atom. The van der Waals surface area contributed by atoms with Crippen LogP contribution in [-0.2, 0) is 19.2 Å². The predicted molar refractivity (Wildman–Crippen MR) is 58.1 cm³/mol. The van der Waals surface area contributed by atoms with E-state index in [4.69, 9.17) is 0 Å². The van der Waals surface area contributed by atoms with Crippen molar-refractivity contribution < 1.29 is 23.6 Å². The van der Waals surface area contributed by atoms with Crippen molar-refractivity contribution in [3.63, 3.8) is 0 Å². The minimum absolute atomic E-state index is 0.0727. The highest BCUT2D eigenvalue weighted by Crippen LogP contribution is 2.24. The Morgan fingerprint density at radius 3 is 2.17 bits per heavy atom.